The van der Waals surface area contributed by atoms with Gasteiger partial charge in [0.25, 0.3) is 0 Å². The number of Topliss-reactive ketones (excluding diaryl/α,β-unsaturated/α-hetero) is 1. The maximum atomic E-state index is 12.7. The Morgan fingerprint density at radius 2 is 1.46 bits per heavy atom. The van der Waals surface area contributed by atoms with E-state index >= 15 is 0 Å². The lowest BCUT2D eigenvalue weighted by Gasteiger charge is -2.10. The van der Waals surface area contributed by atoms with Crippen molar-refractivity contribution in [1.82, 2.24) is 0 Å². The molecule has 4 aromatic carbocycles. The van der Waals surface area contributed by atoms with E-state index < -0.39 is 0 Å². The first-order valence-corrected chi connectivity index (χ1v) is 11.5. The van der Waals surface area contributed by atoms with Gasteiger partial charge in [0.15, 0.2) is 12.4 Å². The number of hydrogen-bond acceptors (Lipinski definition) is 4. The summed E-state index contributed by atoms with van der Waals surface area (Å²) in [6.45, 7) is 1.83. The van der Waals surface area contributed by atoms with E-state index in [9.17, 15) is 9.59 Å². The summed E-state index contributed by atoms with van der Waals surface area (Å²) in [7, 11) is 0. The van der Waals surface area contributed by atoms with Crippen molar-refractivity contribution < 1.29 is 13.9 Å². The van der Waals surface area contributed by atoms with E-state index in [1.54, 1.807) is 12.1 Å². The van der Waals surface area contributed by atoms with Gasteiger partial charge in [-0.15, -0.1) is 0 Å². The lowest BCUT2D eigenvalue weighted by Crippen LogP contribution is -2.12. The molecule has 35 heavy (non-hydrogen) atoms. The van der Waals surface area contributed by atoms with Gasteiger partial charge in [0.05, 0.1) is 0 Å². The number of carbonyl (C=O) groups excluding carboxylic acids is 1. The van der Waals surface area contributed by atoms with Crippen molar-refractivity contribution in [1.29, 1.82) is 0 Å². The molecular weight excluding hydrogens is 436 g/mol. The first kappa shape index (κ1) is 22.4. The van der Waals surface area contributed by atoms with Crippen LogP contribution in [0.5, 0.6) is 5.75 Å². The zero-order valence-corrected chi connectivity index (χ0v) is 19.4. The van der Waals surface area contributed by atoms with E-state index in [1.807, 2.05) is 97.9 Å². The number of ether oxygens (including phenoxy) is 1. The fraction of sp³-hybridized carbons (Fsp3) is 0.0968. The third-order valence-corrected chi connectivity index (χ3v) is 6.17. The monoisotopic (exact) mass is 460 g/mol. The predicted octanol–water partition coefficient (Wildman–Crippen LogP) is 6.62. The number of aryl methyl sites for hydroxylation is 1. The first-order valence-electron chi connectivity index (χ1n) is 11.5. The van der Waals surface area contributed by atoms with Gasteiger partial charge in [-0.1, -0.05) is 84.9 Å². The summed E-state index contributed by atoms with van der Waals surface area (Å²) >= 11 is 0. The van der Waals surface area contributed by atoms with Crippen LogP contribution in [0.2, 0.25) is 0 Å². The van der Waals surface area contributed by atoms with Crippen LogP contribution in [-0.2, 0) is 6.42 Å². The van der Waals surface area contributed by atoms with E-state index in [4.69, 9.17) is 9.15 Å². The normalized spacial score (nSPS) is 10.9. The second-order valence-corrected chi connectivity index (χ2v) is 8.47. The Labute approximate surface area is 203 Å². The topological polar surface area (TPSA) is 56.5 Å². The minimum atomic E-state index is -0.356. The molecule has 0 bridgehead atoms. The molecule has 0 saturated carbocycles. The zero-order valence-electron chi connectivity index (χ0n) is 19.4. The Bertz CT molecular complexity index is 1530. The van der Waals surface area contributed by atoms with Crippen molar-refractivity contribution >= 4 is 16.8 Å². The molecule has 1 aromatic heterocycles. The molecule has 0 saturated heterocycles. The smallest absolute Gasteiger partial charge is 0.340 e. The Morgan fingerprint density at radius 1 is 0.800 bits per heavy atom. The van der Waals surface area contributed by atoms with Gasteiger partial charge in [-0.05, 0) is 41.3 Å². The highest BCUT2D eigenvalue weighted by atomic mass is 16.5. The van der Waals surface area contributed by atoms with Gasteiger partial charge < -0.3 is 9.15 Å². The van der Waals surface area contributed by atoms with Crippen LogP contribution < -0.4 is 10.4 Å². The number of hydrogen-bond donors (Lipinski definition) is 0. The molecule has 0 atom stereocenters. The van der Waals surface area contributed by atoms with Crippen LogP contribution in [0.15, 0.2) is 112 Å². The summed E-state index contributed by atoms with van der Waals surface area (Å²) in [6, 6.07) is 32.7. The predicted molar refractivity (Wildman–Crippen MR) is 138 cm³/mol. The molecule has 0 radical (unpaired) electrons. The average molecular weight is 461 g/mol. The van der Waals surface area contributed by atoms with Gasteiger partial charge >= 0.3 is 5.63 Å². The molecular formula is C31H24O4. The number of fused-ring (bicyclic) bond motifs is 1. The molecule has 1 heterocycles. The number of carbonyl (C=O) groups is 1. The maximum Gasteiger partial charge on any atom is 0.340 e. The molecule has 0 N–H and O–H groups in total. The minimum absolute atomic E-state index is 0.106. The third kappa shape index (κ3) is 4.92. The molecule has 172 valence electrons. The van der Waals surface area contributed by atoms with Gasteiger partial charge in [-0.3, -0.25) is 4.79 Å². The second kappa shape index (κ2) is 9.82. The maximum absolute atomic E-state index is 12.7. The summed E-state index contributed by atoms with van der Waals surface area (Å²) < 4.78 is 11.4. The quantitative estimate of drug-likeness (QED) is 0.202. The lowest BCUT2D eigenvalue weighted by atomic mass is 10.00. The SMILES string of the molecule is Cc1c(Cc2ccccc2)c(=O)oc2cc(OCC(=O)c3ccc(-c4ccccc4)cc3)ccc12. The van der Waals surface area contributed by atoms with Gasteiger partial charge in [-0.2, -0.15) is 0 Å². The van der Waals surface area contributed by atoms with Gasteiger partial charge in [0.1, 0.15) is 11.3 Å². The van der Waals surface area contributed by atoms with Crippen LogP contribution in [-0.4, -0.2) is 12.4 Å². The lowest BCUT2D eigenvalue weighted by molar-refractivity contribution is 0.0921. The van der Waals surface area contributed by atoms with Crippen LogP contribution in [0, 0.1) is 6.92 Å². The molecule has 4 nitrogen and oxygen atoms in total. The molecule has 0 unspecified atom stereocenters. The zero-order chi connectivity index (χ0) is 24.2. The standard InChI is InChI=1S/C31H24O4/c1-21-27-17-16-26(19-30(27)35-31(33)28(21)18-22-8-4-2-5-9-22)34-20-29(32)25-14-12-24(13-15-25)23-10-6-3-7-11-23/h2-17,19H,18,20H2,1H3. The summed E-state index contributed by atoms with van der Waals surface area (Å²) in [5.74, 6) is 0.352. The number of ketones is 1. The molecule has 5 aromatic rings. The second-order valence-electron chi connectivity index (χ2n) is 8.47. The van der Waals surface area contributed by atoms with Crippen LogP contribution in [0.1, 0.15) is 27.0 Å². The van der Waals surface area contributed by atoms with Crippen molar-refractivity contribution in [2.75, 3.05) is 6.61 Å². The highest BCUT2D eigenvalue weighted by Crippen LogP contribution is 2.26. The van der Waals surface area contributed by atoms with E-state index in [1.165, 1.54) is 0 Å². The van der Waals surface area contributed by atoms with Crippen molar-refractivity contribution in [3.8, 4) is 16.9 Å². The van der Waals surface area contributed by atoms with E-state index in [0.29, 0.717) is 28.9 Å². The molecule has 0 amide bonds. The summed E-state index contributed by atoms with van der Waals surface area (Å²) in [4.78, 5) is 25.3. The van der Waals surface area contributed by atoms with Crippen LogP contribution in [0.3, 0.4) is 0 Å². The Kier molecular flexibility index (Phi) is 6.27. The van der Waals surface area contributed by atoms with E-state index in [2.05, 4.69) is 0 Å². The fourth-order valence-electron chi connectivity index (χ4n) is 4.18. The molecule has 0 aliphatic rings. The van der Waals surface area contributed by atoms with Crippen molar-refractivity contribution in [2.24, 2.45) is 0 Å². The summed E-state index contributed by atoms with van der Waals surface area (Å²) in [6.07, 6.45) is 0.515. The average Bonchev–Trinajstić information content (AvgIpc) is 2.90. The Balaban J connectivity index is 1.30. The van der Waals surface area contributed by atoms with Crippen molar-refractivity contribution in [2.45, 2.75) is 13.3 Å². The molecule has 4 heteroatoms. The highest BCUT2D eigenvalue weighted by Gasteiger charge is 2.14. The van der Waals surface area contributed by atoms with Crippen LogP contribution >= 0.6 is 0 Å². The van der Waals surface area contributed by atoms with Crippen LogP contribution in [0.25, 0.3) is 22.1 Å². The van der Waals surface area contributed by atoms with Crippen molar-refractivity contribution in [3.05, 3.63) is 136 Å². The van der Waals surface area contributed by atoms with Crippen LogP contribution in [0.4, 0.5) is 0 Å². The van der Waals surface area contributed by atoms with Gasteiger partial charge in [-0.25, -0.2) is 4.79 Å². The molecule has 0 aliphatic carbocycles. The number of benzene rings is 4. The molecule has 0 aliphatic heterocycles. The Hall–Kier alpha value is -4.44. The molecule has 0 spiro atoms. The summed E-state index contributed by atoms with van der Waals surface area (Å²) in [5, 5.41) is 0.853. The minimum Gasteiger partial charge on any atom is -0.485 e. The first-order chi connectivity index (χ1) is 17.1. The third-order valence-electron chi connectivity index (χ3n) is 6.17. The van der Waals surface area contributed by atoms with Crippen molar-refractivity contribution in [3.63, 3.8) is 0 Å². The van der Waals surface area contributed by atoms with E-state index in [-0.39, 0.29) is 18.0 Å². The summed E-state index contributed by atoms with van der Waals surface area (Å²) in [5.41, 5.74) is 5.41. The molecule has 5 rings (SSSR count). The largest absolute Gasteiger partial charge is 0.485 e. The fourth-order valence-corrected chi connectivity index (χ4v) is 4.18. The van der Waals surface area contributed by atoms with Gasteiger partial charge in [0.2, 0.25) is 0 Å². The van der Waals surface area contributed by atoms with Gasteiger partial charge in [0, 0.05) is 29.0 Å². The highest BCUT2D eigenvalue weighted by molar-refractivity contribution is 5.97. The molecule has 0 fully saturated rings. The Morgan fingerprint density at radius 3 is 2.17 bits per heavy atom. The number of rotatable bonds is 7. The van der Waals surface area contributed by atoms with E-state index in [0.717, 1.165) is 27.6 Å².